The van der Waals surface area contributed by atoms with E-state index in [2.05, 4.69) is 31.2 Å². The van der Waals surface area contributed by atoms with E-state index < -0.39 is 0 Å². The van der Waals surface area contributed by atoms with Crippen molar-refractivity contribution in [2.24, 2.45) is 11.7 Å². The van der Waals surface area contributed by atoms with Crippen molar-refractivity contribution in [3.63, 3.8) is 0 Å². The zero-order valence-electron chi connectivity index (χ0n) is 8.66. The molecular weight excluding hydrogens is 170 g/mol. The van der Waals surface area contributed by atoms with Crippen molar-refractivity contribution >= 4 is 0 Å². The van der Waals surface area contributed by atoms with E-state index in [-0.39, 0.29) is 0 Å². The highest BCUT2D eigenvalue weighted by Gasteiger charge is 2.60. The van der Waals surface area contributed by atoms with Gasteiger partial charge in [0.05, 0.1) is 0 Å². The Hall–Kier alpha value is -0.820. The lowest BCUT2D eigenvalue weighted by Gasteiger charge is -2.16. The summed E-state index contributed by atoms with van der Waals surface area (Å²) in [6.07, 6.45) is 3.84. The highest BCUT2D eigenvalue weighted by molar-refractivity contribution is 5.41. The quantitative estimate of drug-likeness (QED) is 0.717. The van der Waals surface area contributed by atoms with Crippen molar-refractivity contribution in [1.82, 2.24) is 0 Å². The molecule has 0 heterocycles. The van der Waals surface area contributed by atoms with Crippen LogP contribution in [-0.2, 0) is 5.41 Å². The summed E-state index contributed by atoms with van der Waals surface area (Å²) in [5.41, 5.74) is 9.53. The van der Waals surface area contributed by atoms with Crippen molar-refractivity contribution in [2.45, 2.75) is 37.6 Å². The summed E-state index contributed by atoms with van der Waals surface area (Å²) in [6.45, 7) is 2.23. The lowest BCUT2D eigenvalue weighted by Crippen LogP contribution is -2.20. The van der Waals surface area contributed by atoms with Gasteiger partial charge >= 0.3 is 0 Å². The van der Waals surface area contributed by atoms with Gasteiger partial charge < -0.3 is 5.73 Å². The maximum absolute atomic E-state index is 6.03. The average molecular weight is 187 g/mol. The molecule has 1 nitrogen and oxygen atoms in total. The molecule has 74 valence electrons. The minimum Gasteiger partial charge on any atom is -0.328 e. The van der Waals surface area contributed by atoms with Gasteiger partial charge in [-0.3, -0.25) is 0 Å². The molecular formula is C13H17N. The molecule has 1 heteroatoms. The van der Waals surface area contributed by atoms with Crippen molar-refractivity contribution in [2.75, 3.05) is 0 Å². The molecule has 2 saturated carbocycles. The molecule has 0 aromatic heterocycles. The van der Waals surface area contributed by atoms with E-state index in [4.69, 9.17) is 5.73 Å². The molecule has 2 N–H and O–H groups in total. The Labute approximate surface area is 85.3 Å². The predicted molar refractivity (Wildman–Crippen MR) is 58.2 cm³/mol. The number of nitrogens with two attached hydrogens (primary N) is 1. The van der Waals surface area contributed by atoms with Gasteiger partial charge in [0.25, 0.3) is 0 Å². The molecule has 14 heavy (non-hydrogen) atoms. The fourth-order valence-electron chi connectivity index (χ4n) is 3.43. The Bertz CT molecular complexity index is 371. The van der Waals surface area contributed by atoms with E-state index in [0.29, 0.717) is 11.5 Å². The summed E-state index contributed by atoms with van der Waals surface area (Å²) in [4.78, 5) is 0. The Kier molecular flexibility index (Phi) is 1.58. The van der Waals surface area contributed by atoms with Gasteiger partial charge in [-0.1, -0.05) is 24.3 Å². The molecule has 0 amide bonds. The minimum atomic E-state index is 0.452. The fraction of sp³-hybridized carbons (Fsp3) is 0.538. The Morgan fingerprint density at radius 2 is 2.07 bits per heavy atom. The van der Waals surface area contributed by atoms with Gasteiger partial charge in [-0.2, -0.15) is 0 Å². The second-order valence-corrected chi connectivity index (χ2v) is 5.07. The molecule has 3 unspecified atom stereocenters. The third-order valence-corrected chi connectivity index (χ3v) is 4.13. The second-order valence-electron chi connectivity index (χ2n) is 5.07. The van der Waals surface area contributed by atoms with Crippen molar-refractivity contribution in [1.29, 1.82) is 0 Å². The van der Waals surface area contributed by atoms with Crippen molar-refractivity contribution in [3.05, 3.63) is 35.4 Å². The molecule has 2 fully saturated rings. The summed E-state index contributed by atoms with van der Waals surface area (Å²) < 4.78 is 0. The van der Waals surface area contributed by atoms with Crippen LogP contribution in [0.1, 0.15) is 30.4 Å². The summed E-state index contributed by atoms with van der Waals surface area (Å²) in [5.74, 6) is 0.888. The maximum atomic E-state index is 6.03. The Balaban J connectivity index is 2.01. The topological polar surface area (TPSA) is 26.0 Å². The summed E-state index contributed by atoms with van der Waals surface area (Å²) in [6, 6.07) is 9.27. The summed E-state index contributed by atoms with van der Waals surface area (Å²) >= 11 is 0. The van der Waals surface area contributed by atoms with Gasteiger partial charge in [-0.25, -0.2) is 0 Å². The maximum Gasteiger partial charge on any atom is 0.00503 e. The van der Waals surface area contributed by atoms with Gasteiger partial charge in [0.1, 0.15) is 0 Å². The summed E-state index contributed by atoms with van der Waals surface area (Å²) in [5, 5.41) is 0. The van der Waals surface area contributed by atoms with E-state index in [1.54, 1.807) is 5.56 Å². The molecule has 2 aliphatic carbocycles. The number of rotatable bonds is 1. The number of benzene rings is 1. The summed E-state index contributed by atoms with van der Waals surface area (Å²) in [7, 11) is 0. The molecule has 3 rings (SSSR count). The standard InChI is InChI=1S/C13H17N/c1-9-4-2-3-5-12(9)13-7-10(13)6-11(14)8-13/h2-5,10-11H,6-8,14H2,1H3. The number of fused-ring (bicyclic) bond motifs is 1. The van der Waals surface area contributed by atoms with E-state index in [1.807, 2.05) is 0 Å². The van der Waals surface area contributed by atoms with E-state index in [1.165, 1.54) is 24.8 Å². The van der Waals surface area contributed by atoms with Crippen molar-refractivity contribution < 1.29 is 0 Å². The average Bonchev–Trinajstić information content (AvgIpc) is 2.71. The minimum absolute atomic E-state index is 0.452. The lowest BCUT2D eigenvalue weighted by atomic mass is 9.89. The van der Waals surface area contributed by atoms with E-state index in [9.17, 15) is 0 Å². The normalized spacial score (nSPS) is 39.6. The van der Waals surface area contributed by atoms with E-state index >= 15 is 0 Å². The second kappa shape index (κ2) is 2.60. The van der Waals surface area contributed by atoms with Crippen LogP contribution in [0, 0.1) is 12.8 Å². The zero-order valence-corrected chi connectivity index (χ0v) is 8.66. The largest absolute Gasteiger partial charge is 0.328 e. The van der Waals surface area contributed by atoms with Gasteiger partial charge in [0.2, 0.25) is 0 Å². The lowest BCUT2D eigenvalue weighted by molar-refractivity contribution is 0.581. The van der Waals surface area contributed by atoms with Crippen LogP contribution in [0.3, 0.4) is 0 Å². The monoisotopic (exact) mass is 187 g/mol. The molecule has 2 aliphatic rings. The molecule has 0 radical (unpaired) electrons. The molecule has 3 atom stereocenters. The number of hydrogen-bond acceptors (Lipinski definition) is 1. The van der Waals surface area contributed by atoms with Crippen LogP contribution in [0.15, 0.2) is 24.3 Å². The van der Waals surface area contributed by atoms with E-state index in [0.717, 1.165) is 5.92 Å². The molecule has 1 aromatic carbocycles. The molecule has 0 bridgehead atoms. The fourth-order valence-corrected chi connectivity index (χ4v) is 3.43. The molecule has 0 spiro atoms. The van der Waals surface area contributed by atoms with Crippen LogP contribution >= 0.6 is 0 Å². The predicted octanol–water partition coefficient (Wildman–Crippen LogP) is 2.37. The van der Waals surface area contributed by atoms with Crippen LogP contribution in [0.2, 0.25) is 0 Å². The van der Waals surface area contributed by atoms with Gasteiger partial charge in [-0.05, 0) is 43.2 Å². The third-order valence-electron chi connectivity index (χ3n) is 4.13. The Morgan fingerprint density at radius 1 is 1.29 bits per heavy atom. The molecule has 0 saturated heterocycles. The van der Waals surface area contributed by atoms with Crippen LogP contribution in [0.25, 0.3) is 0 Å². The molecule has 0 aliphatic heterocycles. The van der Waals surface area contributed by atoms with Gasteiger partial charge in [0.15, 0.2) is 0 Å². The third kappa shape index (κ3) is 0.992. The first kappa shape index (κ1) is 8.49. The van der Waals surface area contributed by atoms with Crippen molar-refractivity contribution in [3.8, 4) is 0 Å². The van der Waals surface area contributed by atoms with Crippen LogP contribution in [0.4, 0.5) is 0 Å². The highest BCUT2D eigenvalue weighted by atomic mass is 14.8. The van der Waals surface area contributed by atoms with Gasteiger partial charge in [0, 0.05) is 11.5 Å². The zero-order chi connectivity index (χ0) is 9.76. The van der Waals surface area contributed by atoms with Gasteiger partial charge in [-0.15, -0.1) is 0 Å². The van der Waals surface area contributed by atoms with Crippen LogP contribution in [-0.4, -0.2) is 6.04 Å². The Morgan fingerprint density at radius 3 is 2.71 bits per heavy atom. The highest BCUT2D eigenvalue weighted by Crippen LogP contribution is 2.64. The van der Waals surface area contributed by atoms with Crippen LogP contribution in [0.5, 0.6) is 0 Å². The number of aryl methyl sites for hydroxylation is 1. The first-order valence-electron chi connectivity index (χ1n) is 5.54. The smallest absolute Gasteiger partial charge is 0.00503 e. The van der Waals surface area contributed by atoms with Crippen LogP contribution < -0.4 is 5.73 Å². The molecule has 1 aromatic rings. The SMILES string of the molecule is Cc1ccccc1C12CC(N)CC1C2. The first-order valence-corrected chi connectivity index (χ1v) is 5.54. The first-order chi connectivity index (χ1) is 6.72. The number of hydrogen-bond donors (Lipinski definition) is 1.